The van der Waals surface area contributed by atoms with E-state index in [0.717, 1.165) is 0 Å². The maximum atomic E-state index is 9.53. The molecule has 0 atom stereocenters. The molecule has 0 spiro atoms. The molecule has 0 saturated heterocycles. The van der Waals surface area contributed by atoms with E-state index in [0.29, 0.717) is 0 Å². The van der Waals surface area contributed by atoms with Crippen LogP contribution in [0.15, 0.2) is 0 Å². The molecule has 0 aromatic carbocycles. The van der Waals surface area contributed by atoms with E-state index in [4.69, 9.17) is 8.32 Å². The third-order valence-electron chi connectivity index (χ3n) is 0.172. The van der Waals surface area contributed by atoms with Crippen molar-refractivity contribution in [3.8, 4) is 0 Å². The zero-order valence-electron chi connectivity index (χ0n) is 3.75. The van der Waals surface area contributed by atoms with Crippen molar-refractivity contribution in [2.24, 2.45) is 0 Å². The van der Waals surface area contributed by atoms with Crippen LogP contribution in [-0.4, -0.2) is 37.9 Å². The molecular formula is CH7Cr2NaO7. The van der Waals surface area contributed by atoms with Crippen LogP contribution < -0.4 is 0 Å². The van der Waals surface area contributed by atoms with Crippen molar-refractivity contribution in [3.05, 3.63) is 0 Å². The van der Waals surface area contributed by atoms with Crippen molar-refractivity contribution in [3.63, 3.8) is 0 Å². The molecule has 0 radical (unpaired) electrons. The van der Waals surface area contributed by atoms with Gasteiger partial charge in [-0.1, -0.05) is 7.43 Å². The molecular weight excluding hydrogens is 251 g/mol. The van der Waals surface area contributed by atoms with Gasteiger partial charge < -0.3 is 0 Å². The Morgan fingerprint density at radius 1 is 0.909 bits per heavy atom. The first-order valence-corrected chi connectivity index (χ1v) is 5.63. The normalized spacial score (nSPS) is 11.1. The van der Waals surface area contributed by atoms with E-state index in [-0.39, 0.29) is 37.0 Å². The molecule has 0 bridgehead atoms. The summed E-state index contributed by atoms with van der Waals surface area (Å²) in [6.07, 6.45) is 0. The van der Waals surface area contributed by atoms with Gasteiger partial charge >= 0.3 is 83.2 Å². The second-order valence-corrected chi connectivity index (χ2v) is 4.68. The van der Waals surface area contributed by atoms with E-state index in [1.54, 1.807) is 0 Å². The van der Waals surface area contributed by atoms with Gasteiger partial charge in [-0.05, 0) is 0 Å². The van der Waals surface area contributed by atoms with Crippen LogP contribution in [0.25, 0.3) is 0 Å². The van der Waals surface area contributed by atoms with Crippen LogP contribution in [0.4, 0.5) is 0 Å². The third-order valence-corrected chi connectivity index (χ3v) is 2.92. The predicted octanol–water partition coefficient (Wildman–Crippen LogP) is -1.68. The number of hydrogen-bond acceptors (Lipinski definition) is 5. The molecule has 10 heteroatoms. The van der Waals surface area contributed by atoms with E-state index in [1.807, 2.05) is 0 Å². The van der Waals surface area contributed by atoms with Gasteiger partial charge in [-0.2, -0.15) is 0 Å². The van der Waals surface area contributed by atoms with Crippen LogP contribution in [0.5, 0.6) is 0 Å². The average molecular weight is 258 g/mol. The van der Waals surface area contributed by atoms with Crippen LogP contribution in [0.3, 0.4) is 0 Å². The molecule has 0 fully saturated rings. The van der Waals surface area contributed by atoms with Gasteiger partial charge in [-0.15, -0.1) is 0 Å². The summed E-state index contributed by atoms with van der Waals surface area (Å²) in [5.41, 5.74) is 0. The van der Waals surface area contributed by atoms with Gasteiger partial charge in [0.1, 0.15) is 0 Å². The van der Waals surface area contributed by atoms with Crippen molar-refractivity contribution in [1.82, 2.24) is 0 Å². The molecule has 2 N–H and O–H groups in total. The van der Waals surface area contributed by atoms with Gasteiger partial charge in [0, 0.05) is 0 Å². The molecule has 0 aliphatic carbocycles. The third kappa shape index (κ3) is 18.3. The first-order chi connectivity index (χ1) is 3.71. The van der Waals surface area contributed by atoms with Gasteiger partial charge in [-0.3, -0.25) is 0 Å². The second-order valence-electron chi connectivity index (χ2n) is 0.924. The summed E-state index contributed by atoms with van der Waals surface area (Å²) in [7, 11) is 0. The standard InChI is InChI=1S/CH4.2Cr.Na.2H2O.5O.H/h1H4;;;;2*1H2;;;;;;/q;2*+1;;;;;;;;;/p-2. The molecule has 11 heavy (non-hydrogen) atoms. The van der Waals surface area contributed by atoms with Crippen LogP contribution in [0.2, 0.25) is 0 Å². The Balaban J connectivity index is -0.000000320. The second kappa shape index (κ2) is 5.73. The fraction of sp³-hybridized carbons (Fsp3) is 1.00. The summed E-state index contributed by atoms with van der Waals surface area (Å²) in [6, 6.07) is 0. The Labute approximate surface area is 89.8 Å². The fourth-order valence-corrected chi connectivity index (χ4v) is 1.85. The van der Waals surface area contributed by atoms with Crippen molar-refractivity contribution < 1.29 is 53.6 Å². The van der Waals surface area contributed by atoms with Crippen molar-refractivity contribution in [2.45, 2.75) is 7.43 Å². The number of hydrogen-bond donors (Lipinski definition) is 2. The van der Waals surface area contributed by atoms with E-state index in [9.17, 15) is 15.2 Å². The Bertz CT molecular complexity index is 242. The average Bonchev–Trinajstić information content (AvgIpc) is 1.14. The summed E-state index contributed by atoms with van der Waals surface area (Å²) >= 11 is -11.5. The molecule has 7 nitrogen and oxygen atoms in total. The predicted molar refractivity (Wildman–Crippen MR) is 22.1 cm³/mol. The van der Waals surface area contributed by atoms with E-state index in [2.05, 4.69) is 2.84 Å². The van der Waals surface area contributed by atoms with E-state index < -0.39 is 27.2 Å². The molecule has 0 unspecified atom stereocenters. The first kappa shape index (κ1) is 18.0. The fourth-order valence-electron chi connectivity index (χ4n) is 0.109. The van der Waals surface area contributed by atoms with Crippen LogP contribution in [0, 0.1) is 0 Å². The van der Waals surface area contributed by atoms with Gasteiger partial charge in [-0.25, -0.2) is 0 Å². The summed E-state index contributed by atoms with van der Waals surface area (Å²) in [6.45, 7) is 0. The zero-order chi connectivity index (χ0) is 7.71. The molecule has 0 rings (SSSR count). The topological polar surface area (TPSA) is 118 Å². The summed E-state index contributed by atoms with van der Waals surface area (Å²) in [5, 5.41) is 0. The van der Waals surface area contributed by atoms with Crippen molar-refractivity contribution in [1.29, 1.82) is 0 Å². The Kier molecular flexibility index (Phi) is 9.40. The van der Waals surface area contributed by atoms with Crippen LogP contribution in [-0.2, 0) is 45.3 Å². The van der Waals surface area contributed by atoms with E-state index in [1.165, 1.54) is 0 Å². The Morgan fingerprint density at radius 3 is 1.09 bits per heavy atom. The SMILES string of the molecule is C.[NaH].[O]=[Cr](=[O])([OH])[O][Cr](=[O])(=[O])[OH]. The molecule has 0 aromatic rings. The van der Waals surface area contributed by atoms with Crippen molar-refractivity contribution in [2.75, 3.05) is 0 Å². The zero-order valence-corrected chi connectivity index (χ0v) is 6.30. The summed E-state index contributed by atoms with van der Waals surface area (Å²) < 4.78 is 56.3. The molecule has 0 aliphatic rings. The quantitative estimate of drug-likeness (QED) is 0.568. The minimum absolute atomic E-state index is 0. The molecule has 0 saturated carbocycles. The molecule has 0 heterocycles. The molecule has 0 amide bonds. The van der Waals surface area contributed by atoms with E-state index >= 15 is 0 Å². The van der Waals surface area contributed by atoms with Gasteiger partial charge in [0.15, 0.2) is 0 Å². The van der Waals surface area contributed by atoms with Crippen molar-refractivity contribution >= 4 is 29.6 Å². The monoisotopic (exact) mass is 258 g/mol. The minimum atomic E-state index is -5.76. The Hall–Kier alpha value is 1.14. The molecule has 0 aliphatic heterocycles. The maximum absolute atomic E-state index is 9.53. The van der Waals surface area contributed by atoms with Gasteiger partial charge in [0.25, 0.3) is 0 Å². The molecule has 0 aromatic heterocycles. The van der Waals surface area contributed by atoms with Gasteiger partial charge in [0.2, 0.25) is 0 Å². The first-order valence-electron chi connectivity index (χ1n) is 1.37. The van der Waals surface area contributed by atoms with Gasteiger partial charge in [0.05, 0.1) is 0 Å². The van der Waals surface area contributed by atoms with Crippen LogP contribution >= 0.6 is 0 Å². The van der Waals surface area contributed by atoms with Crippen LogP contribution in [0.1, 0.15) is 7.43 Å². The molecule has 66 valence electrons. The summed E-state index contributed by atoms with van der Waals surface area (Å²) in [5.74, 6) is 0. The Morgan fingerprint density at radius 2 is 1.09 bits per heavy atom. The number of rotatable bonds is 2. The summed E-state index contributed by atoms with van der Waals surface area (Å²) in [4.78, 5) is 0.